The van der Waals surface area contributed by atoms with Gasteiger partial charge in [0.25, 0.3) is 0 Å². The molecule has 3 saturated carbocycles. The first-order valence-corrected chi connectivity index (χ1v) is 9.83. The van der Waals surface area contributed by atoms with E-state index < -0.39 is 39.2 Å². The van der Waals surface area contributed by atoms with Crippen molar-refractivity contribution in [2.75, 3.05) is 0 Å². The molecule has 2 N–H and O–H groups in total. The smallest absolute Gasteiger partial charge is 0.222 e. The molecular formula is C21H25FO4S. The molecule has 4 aliphatic carbocycles. The molecule has 146 valence electrons. The summed E-state index contributed by atoms with van der Waals surface area (Å²) in [7, 11) is 0. The van der Waals surface area contributed by atoms with E-state index >= 15 is 4.39 Å². The van der Waals surface area contributed by atoms with Crippen LogP contribution in [0.1, 0.15) is 39.5 Å². The van der Waals surface area contributed by atoms with E-state index in [0.29, 0.717) is 30.4 Å². The van der Waals surface area contributed by atoms with Crippen LogP contribution in [0, 0.1) is 22.7 Å². The fraction of sp³-hybridized carbons (Fsp3) is 0.619. The lowest BCUT2D eigenvalue weighted by atomic mass is 9.45. The maximum Gasteiger partial charge on any atom is 0.222 e. The highest BCUT2D eigenvalue weighted by atomic mass is 32.1. The van der Waals surface area contributed by atoms with E-state index in [2.05, 4.69) is 19.2 Å². The van der Waals surface area contributed by atoms with Crippen LogP contribution in [0.4, 0.5) is 4.39 Å². The minimum absolute atomic E-state index is 0.0723. The summed E-state index contributed by atoms with van der Waals surface area (Å²) in [5.41, 5.74) is -4.94. The molecule has 4 rings (SSSR count). The topological polar surface area (TPSA) is 74.6 Å². The van der Waals surface area contributed by atoms with Gasteiger partial charge in [0, 0.05) is 16.7 Å². The third-order valence-corrected chi connectivity index (χ3v) is 8.47. The van der Waals surface area contributed by atoms with E-state index in [-0.39, 0.29) is 18.1 Å². The number of thiol groups is 1. The van der Waals surface area contributed by atoms with Crippen molar-refractivity contribution in [1.82, 2.24) is 0 Å². The van der Waals surface area contributed by atoms with E-state index in [1.807, 2.05) is 0 Å². The Bertz CT molecular complexity index is 834. The number of halogens is 1. The second-order valence-corrected chi connectivity index (χ2v) is 9.49. The van der Waals surface area contributed by atoms with Gasteiger partial charge in [0.15, 0.2) is 17.1 Å². The number of carbonyl (C=O) groups excluding carboxylic acids is 2. The summed E-state index contributed by atoms with van der Waals surface area (Å²) in [6.07, 6.45) is 4.29. The largest absolute Gasteiger partial charge is 0.390 e. The molecule has 7 atom stereocenters. The molecule has 6 heteroatoms. The molecule has 0 heterocycles. The Morgan fingerprint density at radius 2 is 2.04 bits per heavy atom. The Labute approximate surface area is 163 Å². The maximum absolute atomic E-state index is 16.8. The van der Waals surface area contributed by atoms with Gasteiger partial charge in [-0.1, -0.05) is 25.2 Å². The lowest BCUT2D eigenvalue weighted by molar-refractivity contribution is -0.212. The fourth-order valence-corrected chi connectivity index (χ4v) is 6.98. The van der Waals surface area contributed by atoms with Crippen LogP contribution in [-0.4, -0.2) is 38.5 Å². The average molecular weight is 392 g/mol. The van der Waals surface area contributed by atoms with Gasteiger partial charge in [-0.05, 0) is 56.3 Å². The number of alkyl halides is 1. The van der Waals surface area contributed by atoms with Crippen LogP contribution in [0.3, 0.4) is 0 Å². The highest BCUT2D eigenvalue weighted by Crippen LogP contribution is 2.70. The third-order valence-electron chi connectivity index (χ3n) is 8.15. The van der Waals surface area contributed by atoms with Crippen LogP contribution >= 0.6 is 12.6 Å². The van der Waals surface area contributed by atoms with Gasteiger partial charge >= 0.3 is 0 Å². The number of hydrogen-bond acceptors (Lipinski definition) is 4. The highest BCUT2D eigenvalue weighted by molar-refractivity contribution is 7.96. The number of rotatable bonds is 1. The molecule has 0 spiro atoms. The molecule has 0 bridgehead atoms. The Morgan fingerprint density at radius 3 is 2.67 bits per heavy atom. The van der Waals surface area contributed by atoms with E-state index in [4.69, 9.17) is 0 Å². The Hall–Kier alpha value is -1.24. The average Bonchev–Trinajstić information content (AvgIpc) is 2.79. The Kier molecular flexibility index (Phi) is 3.84. The van der Waals surface area contributed by atoms with Crippen molar-refractivity contribution >= 4 is 23.5 Å². The standard InChI is InChI=1S/C21H25FO4S/c1-11-8-15-14-5-4-12-9-13(23)6-7-18(12,2)20(14,22)16(24)10-19(15,3)21(11,26)17(25)27/h6-7,9,14-16,24,26H,1,4-5,8,10H2,2-3H3,(H,25,27)/t14-,15-,16-,18-,19-,20-,21-/m0/s1. The zero-order chi connectivity index (χ0) is 20.0. The van der Waals surface area contributed by atoms with Crippen LogP contribution in [0.15, 0.2) is 36.0 Å². The van der Waals surface area contributed by atoms with Crippen LogP contribution in [0.25, 0.3) is 0 Å². The molecule has 4 nitrogen and oxygen atoms in total. The van der Waals surface area contributed by atoms with Gasteiger partial charge in [-0.3, -0.25) is 9.59 Å². The summed E-state index contributed by atoms with van der Waals surface area (Å²) >= 11 is 3.90. The Morgan fingerprint density at radius 1 is 1.37 bits per heavy atom. The van der Waals surface area contributed by atoms with Gasteiger partial charge < -0.3 is 10.2 Å². The van der Waals surface area contributed by atoms with Gasteiger partial charge in [-0.25, -0.2) is 4.39 Å². The third kappa shape index (κ3) is 1.97. The summed E-state index contributed by atoms with van der Waals surface area (Å²) in [5.74, 6) is -1.07. The number of aliphatic hydroxyl groups is 2. The van der Waals surface area contributed by atoms with E-state index in [1.54, 1.807) is 19.9 Å². The number of allylic oxidation sites excluding steroid dienone is 4. The first-order chi connectivity index (χ1) is 12.4. The first kappa shape index (κ1) is 19.1. The summed E-state index contributed by atoms with van der Waals surface area (Å²) in [4.78, 5) is 24.0. The SMILES string of the molecule is C=C1C[C@H]2[C@@H]3CCC4=CC(=O)C=C[C@]4(C)[C@@]3(F)[C@@H](O)C[C@]2(C)[C@@]1(O)C(=O)S. The lowest BCUT2D eigenvalue weighted by Crippen LogP contribution is -2.68. The van der Waals surface area contributed by atoms with Crippen molar-refractivity contribution in [3.8, 4) is 0 Å². The summed E-state index contributed by atoms with van der Waals surface area (Å²) in [5, 5.41) is 21.5. The maximum atomic E-state index is 16.8. The normalized spacial score (nSPS) is 51.3. The van der Waals surface area contributed by atoms with Gasteiger partial charge in [-0.2, -0.15) is 0 Å². The molecule has 0 saturated heterocycles. The van der Waals surface area contributed by atoms with Crippen molar-refractivity contribution in [3.05, 3.63) is 36.0 Å². The molecule has 0 unspecified atom stereocenters. The van der Waals surface area contributed by atoms with Crippen molar-refractivity contribution < 1.29 is 24.2 Å². The second-order valence-electron chi connectivity index (χ2n) is 9.09. The Balaban J connectivity index is 1.86. The van der Waals surface area contributed by atoms with Crippen LogP contribution in [0.2, 0.25) is 0 Å². The summed E-state index contributed by atoms with van der Waals surface area (Å²) in [6.45, 7) is 7.37. The number of ketones is 1. The summed E-state index contributed by atoms with van der Waals surface area (Å²) in [6, 6.07) is 0. The molecule has 4 aliphatic rings. The summed E-state index contributed by atoms with van der Waals surface area (Å²) < 4.78 is 16.8. The van der Waals surface area contributed by atoms with Crippen LogP contribution in [0.5, 0.6) is 0 Å². The van der Waals surface area contributed by atoms with E-state index in [0.717, 1.165) is 0 Å². The van der Waals surface area contributed by atoms with Gasteiger partial charge in [0.1, 0.15) is 0 Å². The van der Waals surface area contributed by atoms with E-state index in [1.165, 1.54) is 12.2 Å². The molecule has 0 aromatic heterocycles. The minimum Gasteiger partial charge on any atom is -0.390 e. The zero-order valence-electron chi connectivity index (χ0n) is 15.5. The zero-order valence-corrected chi connectivity index (χ0v) is 16.4. The predicted molar refractivity (Wildman–Crippen MR) is 102 cm³/mol. The van der Waals surface area contributed by atoms with Crippen molar-refractivity contribution in [3.63, 3.8) is 0 Å². The number of hydrogen-bond donors (Lipinski definition) is 3. The quantitative estimate of drug-likeness (QED) is 0.474. The molecule has 0 aliphatic heterocycles. The lowest BCUT2D eigenvalue weighted by Gasteiger charge is -2.62. The number of carbonyl (C=O) groups is 2. The van der Waals surface area contributed by atoms with Crippen molar-refractivity contribution in [1.29, 1.82) is 0 Å². The molecular weight excluding hydrogens is 367 g/mol. The predicted octanol–water partition coefficient (Wildman–Crippen LogP) is 2.71. The first-order valence-electron chi connectivity index (χ1n) is 9.38. The van der Waals surface area contributed by atoms with Gasteiger partial charge in [0.2, 0.25) is 5.12 Å². The fourth-order valence-electron chi connectivity index (χ4n) is 6.57. The molecule has 0 aromatic carbocycles. The second kappa shape index (κ2) is 5.43. The van der Waals surface area contributed by atoms with Crippen LogP contribution in [-0.2, 0) is 9.59 Å². The molecule has 0 aromatic rings. The highest BCUT2D eigenvalue weighted by Gasteiger charge is 2.74. The molecule has 27 heavy (non-hydrogen) atoms. The van der Waals surface area contributed by atoms with Crippen molar-refractivity contribution in [2.45, 2.75) is 56.9 Å². The molecule has 3 fully saturated rings. The number of fused-ring (bicyclic) bond motifs is 5. The van der Waals surface area contributed by atoms with E-state index in [9.17, 15) is 19.8 Å². The monoisotopic (exact) mass is 392 g/mol. The minimum atomic E-state index is -1.98. The van der Waals surface area contributed by atoms with Gasteiger partial charge in [0.05, 0.1) is 6.10 Å². The van der Waals surface area contributed by atoms with Gasteiger partial charge in [-0.15, -0.1) is 12.6 Å². The molecule has 0 radical (unpaired) electrons. The van der Waals surface area contributed by atoms with Crippen molar-refractivity contribution in [2.24, 2.45) is 22.7 Å². The molecule has 0 amide bonds. The number of aliphatic hydroxyl groups excluding tert-OH is 1. The van der Waals surface area contributed by atoms with Crippen LogP contribution < -0.4 is 0 Å².